The van der Waals surface area contributed by atoms with E-state index in [0.29, 0.717) is 28.8 Å². The van der Waals surface area contributed by atoms with Crippen LogP contribution in [0.4, 0.5) is 17.3 Å². The van der Waals surface area contributed by atoms with Crippen molar-refractivity contribution in [3.05, 3.63) is 48.0 Å². The number of ether oxygens (including phenoxy) is 1. The first kappa shape index (κ1) is 19.9. The normalized spacial score (nSPS) is 10.6. The molecule has 0 bridgehead atoms. The van der Waals surface area contributed by atoms with Crippen molar-refractivity contribution < 1.29 is 9.53 Å². The van der Waals surface area contributed by atoms with E-state index in [4.69, 9.17) is 15.9 Å². The molecule has 0 saturated heterocycles. The zero-order chi connectivity index (χ0) is 20.8. The van der Waals surface area contributed by atoms with E-state index in [1.165, 1.54) is 6.21 Å². The Kier molecular flexibility index (Phi) is 6.08. The molecule has 1 amide bonds. The molecule has 0 radical (unpaired) electrons. The number of hydrogen-bond acceptors (Lipinski definition) is 7. The topological polar surface area (TPSA) is 142 Å². The third-order valence-corrected chi connectivity index (χ3v) is 3.91. The molecule has 2 aromatic carbocycles. The van der Waals surface area contributed by atoms with E-state index in [1.54, 1.807) is 30.3 Å². The van der Waals surface area contributed by atoms with Gasteiger partial charge in [0.2, 0.25) is 5.95 Å². The van der Waals surface area contributed by atoms with Crippen molar-refractivity contribution in [3.8, 4) is 17.1 Å². The monoisotopic (exact) mass is 393 g/mol. The Bertz CT molecular complexity index is 1010. The van der Waals surface area contributed by atoms with Crippen LogP contribution in [0, 0.1) is 5.41 Å². The summed E-state index contributed by atoms with van der Waals surface area (Å²) in [7, 11) is 0. The van der Waals surface area contributed by atoms with Crippen molar-refractivity contribution >= 4 is 29.4 Å². The summed E-state index contributed by atoms with van der Waals surface area (Å²) in [6, 6.07) is 12.5. The van der Waals surface area contributed by atoms with Crippen LogP contribution in [0.2, 0.25) is 0 Å². The molecule has 1 heterocycles. The van der Waals surface area contributed by atoms with Gasteiger partial charge in [0.05, 0.1) is 0 Å². The van der Waals surface area contributed by atoms with Gasteiger partial charge in [0, 0.05) is 34.8 Å². The number of carbonyl (C=O) groups is 1. The van der Waals surface area contributed by atoms with E-state index in [1.807, 2.05) is 26.0 Å². The maximum Gasteiger partial charge on any atom is 0.258 e. The van der Waals surface area contributed by atoms with Gasteiger partial charge in [-0.15, -0.1) is 5.10 Å². The number of hydrogen-bond donors (Lipinski definition) is 5. The Hall–Kier alpha value is -3.88. The summed E-state index contributed by atoms with van der Waals surface area (Å²) in [5.74, 6) is 1.31. The van der Waals surface area contributed by atoms with E-state index in [9.17, 15) is 4.79 Å². The number of amides is 1. The molecule has 0 spiro atoms. The highest BCUT2D eigenvalue weighted by atomic mass is 16.5. The molecular weight excluding hydrogens is 370 g/mol. The second-order valence-electron chi connectivity index (χ2n) is 6.66. The lowest BCUT2D eigenvalue weighted by molar-refractivity contribution is -0.123. The average molecular weight is 393 g/mol. The van der Waals surface area contributed by atoms with E-state index >= 15 is 0 Å². The van der Waals surface area contributed by atoms with Crippen LogP contribution >= 0.6 is 0 Å². The molecule has 9 nitrogen and oxygen atoms in total. The van der Waals surface area contributed by atoms with Gasteiger partial charge in [-0.3, -0.25) is 9.89 Å². The first-order valence-electron chi connectivity index (χ1n) is 9.06. The van der Waals surface area contributed by atoms with Gasteiger partial charge in [-0.25, -0.2) is 0 Å². The van der Waals surface area contributed by atoms with Gasteiger partial charge >= 0.3 is 0 Å². The lowest BCUT2D eigenvalue weighted by Gasteiger charge is -2.10. The molecule has 0 fully saturated rings. The van der Waals surface area contributed by atoms with Crippen LogP contribution in [0.5, 0.6) is 5.75 Å². The minimum Gasteiger partial charge on any atom is -0.484 e. The zero-order valence-corrected chi connectivity index (χ0v) is 16.2. The number of nitrogens with one attached hydrogen (secondary N) is 4. The van der Waals surface area contributed by atoms with Crippen LogP contribution in [0.1, 0.15) is 19.4 Å². The van der Waals surface area contributed by atoms with Gasteiger partial charge in [-0.05, 0) is 44.2 Å². The number of rotatable bonds is 8. The maximum absolute atomic E-state index is 11.7. The molecule has 9 heteroatoms. The van der Waals surface area contributed by atoms with Crippen LogP contribution in [0.25, 0.3) is 11.4 Å². The van der Waals surface area contributed by atoms with Gasteiger partial charge < -0.3 is 26.5 Å². The Labute approximate surface area is 168 Å². The van der Waals surface area contributed by atoms with Crippen molar-refractivity contribution in [2.24, 2.45) is 0 Å². The molecule has 0 atom stereocenters. The number of carbonyl (C=O) groups excluding carboxylic acids is 1. The summed E-state index contributed by atoms with van der Waals surface area (Å²) in [6.07, 6.45) is 1.19. The van der Waals surface area contributed by atoms with E-state index < -0.39 is 0 Å². The Morgan fingerprint density at radius 2 is 2.14 bits per heavy atom. The number of aromatic nitrogens is 3. The molecule has 3 rings (SSSR count). The lowest BCUT2D eigenvalue weighted by atomic mass is 10.2. The largest absolute Gasteiger partial charge is 0.484 e. The first-order chi connectivity index (χ1) is 13.9. The van der Waals surface area contributed by atoms with Crippen molar-refractivity contribution in [3.63, 3.8) is 0 Å². The number of anilines is 3. The smallest absolute Gasteiger partial charge is 0.258 e. The molecule has 0 saturated carbocycles. The summed E-state index contributed by atoms with van der Waals surface area (Å²) in [5.41, 5.74) is 8.42. The van der Waals surface area contributed by atoms with Crippen LogP contribution in [-0.4, -0.2) is 40.0 Å². The molecule has 1 aromatic heterocycles. The Morgan fingerprint density at radius 1 is 1.31 bits per heavy atom. The molecule has 0 unspecified atom stereocenters. The number of nitrogens with two attached hydrogens (primary N) is 1. The fraction of sp³-hybridized carbons (Fsp3) is 0.200. The second-order valence-corrected chi connectivity index (χ2v) is 6.66. The summed E-state index contributed by atoms with van der Waals surface area (Å²) >= 11 is 0. The number of benzene rings is 2. The van der Waals surface area contributed by atoms with E-state index in [0.717, 1.165) is 11.3 Å². The summed E-state index contributed by atoms with van der Waals surface area (Å²) in [6.45, 7) is 3.73. The van der Waals surface area contributed by atoms with Gasteiger partial charge in [0.1, 0.15) is 5.75 Å². The zero-order valence-electron chi connectivity index (χ0n) is 16.2. The molecule has 3 aromatic rings. The molecule has 6 N–H and O–H groups in total. The molecular formula is C20H23N7O2. The number of aromatic amines is 1. The number of nitrogens with zero attached hydrogens (tertiary/aromatic N) is 2. The maximum atomic E-state index is 11.7. The molecule has 0 aliphatic carbocycles. The third-order valence-electron chi connectivity index (χ3n) is 3.91. The van der Waals surface area contributed by atoms with E-state index in [-0.39, 0.29) is 18.6 Å². The molecule has 29 heavy (non-hydrogen) atoms. The van der Waals surface area contributed by atoms with Gasteiger partial charge in [0.15, 0.2) is 12.4 Å². The van der Waals surface area contributed by atoms with Crippen LogP contribution in [0.15, 0.2) is 42.5 Å². The van der Waals surface area contributed by atoms with Crippen molar-refractivity contribution in [1.29, 1.82) is 5.41 Å². The predicted molar refractivity (Wildman–Crippen MR) is 113 cm³/mol. The highest BCUT2D eigenvalue weighted by Gasteiger charge is 2.09. The third kappa shape index (κ3) is 5.32. The van der Waals surface area contributed by atoms with Crippen molar-refractivity contribution in [2.45, 2.75) is 19.9 Å². The highest BCUT2D eigenvalue weighted by molar-refractivity contribution is 5.87. The Balaban J connectivity index is 1.68. The number of H-pyrrole nitrogens is 1. The van der Waals surface area contributed by atoms with Crippen LogP contribution in [0.3, 0.4) is 0 Å². The average Bonchev–Trinajstić information content (AvgIpc) is 3.16. The highest BCUT2D eigenvalue weighted by Crippen LogP contribution is 2.23. The summed E-state index contributed by atoms with van der Waals surface area (Å²) in [4.78, 5) is 16.2. The van der Waals surface area contributed by atoms with Crippen molar-refractivity contribution in [1.82, 2.24) is 20.5 Å². The second kappa shape index (κ2) is 8.87. The fourth-order valence-corrected chi connectivity index (χ4v) is 2.60. The van der Waals surface area contributed by atoms with Gasteiger partial charge in [0.25, 0.3) is 5.91 Å². The number of nitrogen functional groups attached to an aromatic ring is 1. The van der Waals surface area contributed by atoms with Crippen LogP contribution in [-0.2, 0) is 4.79 Å². The van der Waals surface area contributed by atoms with Crippen LogP contribution < -0.4 is 21.1 Å². The fourth-order valence-electron chi connectivity index (χ4n) is 2.60. The standard InChI is InChI=1S/C20H23N7O2/c1-12(2)23-18(28)11-29-16-5-3-4-13(9-16)19-25-20(27-26-19)24-15-6-7-17(22)14(8-15)10-21/h3-10,12,21H,11,22H2,1-2H3,(H,23,28)(H2,24,25,26,27). The lowest BCUT2D eigenvalue weighted by Crippen LogP contribution is -2.34. The quantitative estimate of drug-likeness (QED) is 0.294. The molecule has 0 aliphatic heterocycles. The first-order valence-corrected chi connectivity index (χ1v) is 9.06. The summed E-state index contributed by atoms with van der Waals surface area (Å²) in [5, 5.41) is 20.3. The van der Waals surface area contributed by atoms with E-state index in [2.05, 4.69) is 25.8 Å². The van der Waals surface area contributed by atoms with Crippen molar-refractivity contribution in [2.75, 3.05) is 17.7 Å². The van der Waals surface area contributed by atoms with Gasteiger partial charge in [-0.2, -0.15) is 4.98 Å². The van der Waals surface area contributed by atoms with Gasteiger partial charge in [-0.1, -0.05) is 12.1 Å². The molecule has 0 aliphatic rings. The predicted octanol–water partition coefficient (Wildman–Crippen LogP) is 2.70. The SMILES string of the molecule is CC(C)NC(=O)COc1cccc(-c2nc(Nc3ccc(N)c(C=N)c3)n[nH]2)c1. The molecule has 150 valence electrons. The summed E-state index contributed by atoms with van der Waals surface area (Å²) < 4.78 is 5.55. The Morgan fingerprint density at radius 3 is 2.90 bits per heavy atom. The minimum absolute atomic E-state index is 0.0582. The minimum atomic E-state index is -0.177.